The zero-order valence-corrected chi connectivity index (χ0v) is 12.4. The van der Waals surface area contributed by atoms with Gasteiger partial charge >= 0.3 is 5.97 Å². The van der Waals surface area contributed by atoms with Gasteiger partial charge in [-0.05, 0) is 32.4 Å². The van der Waals surface area contributed by atoms with Crippen LogP contribution in [0.5, 0.6) is 0 Å². The Morgan fingerprint density at radius 1 is 1.50 bits per heavy atom. The summed E-state index contributed by atoms with van der Waals surface area (Å²) in [6.07, 6.45) is 0.495. The third-order valence-electron chi connectivity index (χ3n) is 2.86. The molecule has 0 fully saturated rings. The first-order valence-electron chi connectivity index (χ1n) is 6.47. The zero-order valence-electron chi connectivity index (χ0n) is 11.6. The average molecular weight is 294 g/mol. The summed E-state index contributed by atoms with van der Waals surface area (Å²) < 4.78 is 10.5. The minimum atomic E-state index is -0.977. The maximum atomic E-state index is 11.7. The molecule has 0 aliphatic heterocycles. The van der Waals surface area contributed by atoms with Crippen molar-refractivity contribution < 1.29 is 13.9 Å². The van der Waals surface area contributed by atoms with Crippen molar-refractivity contribution in [1.29, 1.82) is 0 Å². The van der Waals surface area contributed by atoms with Gasteiger partial charge in [0.1, 0.15) is 11.1 Å². The molecule has 2 rings (SSSR count). The van der Waals surface area contributed by atoms with Crippen molar-refractivity contribution in [1.82, 2.24) is 4.98 Å². The number of para-hydroxylation sites is 2. The molecular formula is C14H18N2O3S. The fourth-order valence-corrected chi connectivity index (χ4v) is 2.67. The van der Waals surface area contributed by atoms with Crippen molar-refractivity contribution in [3.05, 3.63) is 24.3 Å². The molecule has 0 saturated carbocycles. The third-order valence-corrected chi connectivity index (χ3v) is 3.69. The highest BCUT2D eigenvalue weighted by atomic mass is 32.2. The normalized spacial score (nSPS) is 14.2. The van der Waals surface area contributed by atoms with Crippen LogP contribution < -0.4 is 5.73 Å². The molecule has 0 aliphatic rings. The quantitative estimate of drug-likeness (QED) is 0.651. The van der Waals surface area contributed by atoms with Gasteiger partial charge in [-0.3, -0.25) is 4.79 Å². The number of nitrogens with two attached hydrogens (primary N) is 1. The van der Waals surface area contributed by atoms with Crippen molar-refractivity contribution in [3.63, 3.8) is 0 Å². The molecule has 6 heteroatoms. The number of benzene rings is 1. The molecule has 2 N–H and O–H groups in total. The molecule has 2 aromatic rings. The lowest BCUT2D eigenvalue weighted by Gasteiger charge is -2.21. The van der Waals surface area contributed by atoms with Crippen LogP contribution in [0, 0.1) is 0 Å². The number of fused-ring (bicyclic) bond motifs is 1. The van der Waals surface area contributed by atoms with E-state index in [0.717, 1.165) is 11.1 Å². The van der Waals surface area contributed by atoms with Crippen LogP contribution in [-0.4, -0.2) is 28.9 Å². The van der Waals surface area contributed by atoms with Gasteiger partial charge in [-0.25, -0.2) is 4.98 Å². The summed E-state index contributed by atoms with van der Waals surface area (Å²) in [5, 5.41) is 0.589. The van der Waals surface area contributed by atoms with Gasteiger partial charge in [0.2, 0.25) is 0 Å². The molecule has 108 valence electrons. The highest BCUT2D eigenvalue weighted by Gasteiger charge is 2.29. The molecule has 1 aromatic heterocycles. The Hall–Kier alpha value is -1.53. The lowest BCUT2D eigenvalue weighted by Crippen LogP contribution is -2.46. The van der Waals surface area contributed by atoms with Crippen LogP contribution in [0.2, 0.25) is 0 Å². The highest BCUT2D eigenvalue weighted by Crippen LogP contribution is 2.25. The van der Waals surface area contributed by atoms with E-state index in [4.69, 9.17) is 14.9 Å². The second kappa shape index (κ2) is 6.28. The summed E-state index contributed by atoms with van der Waals surface area (Å²) in [6, 6.07) is 7.59. The number of ether oxygens (including phenoxy) is 1. The van der Waals surface area contributed by atoms with Gasteiger partial charge in [0.25, 0.3) is 5.22 Å². The monoisotopic (exact) mass is 294 g/mol. The van der Waals surface area contributed by atoms with Gasteiger partial charge in [0.15, 0.2) is 5.58 Å². The number of aromatic nitrogens is 1. The SMILES string of the molecule is CCOC(=O)C(C)(N)CCSc1nc2ccccc2o1. The molecule has 0 aliphatic carbocycles. The number of carbonyl (C=O) groups is 1. The molecule has 0 spiro atoms. The summed E-state index contributed by atoms with van der Waals surface area (Å²) in [7, 11) is 0. The summed E-state index contributed by atoms with van der Waals surface area (Å²) in [6.45, 7) is 3.78. The average Bonchev–Trinajstić information content (AvgIpc) is 2.81. The molecule has 0 amide bonds. The number of nitrogens with zero attached hydrogens (tertiary/aromatic N) is 1. The highest BCUT2D eigenvalue weighted by molar-refractivity contribution is 7.99. The summed E-state index contributed by atoms with van der Waals surface area (Å²) in [5.41, 5.74) is 6.56. The largest absolute Gasteiger partial charge is 0.465 e. The molecule has 1 unspecified atom stereocenters. The van der Waals surface area contributed by atoms with Crippen LogP contribution in [0.3, 0.4) is 0 Å². The number of carbonyl (C=O) groups excluding carboxylic acids is 1. The van der Waals surface area contributed by atoms with E-state index in [-0.39, 0.29) is 5.97 Å². The molecule has 5 nitrogen and oxygen atoms in total. The topological polar surface area (TPSA) is 78.4 Å². The second-order valence-corrected chi connectivity index (χ2v) is 5.73. The van der Waals surface area contributed by atoms with Gasteiger partial charge in [0, 0.05) is 5.75 Å². The number of esters is 1. The Bertz CT molecular complexity index is 562. The minimum absolute atomic E-state index is 0.337. The van der Waals surface area contributed by atoms with Crippen LogP contribution in [0.15, 0.2) is 33.9 Å². The third kappa shape index (κ3) is 3.52. The first kappa shape index (κ1) is 14.9. The number of hydrogen-bond donors (Lipinski definition) is 1. The first-order chi connectivity index (χ1) is 9.53. The smallest absolute Gasteiger partial charge is 0.325 e. The maximum Gasteiger partial charge on any atom is 0.325 e. The van der Waals surface area contributed by atoms with Crippen LogP contribution >= 0.6 is 11.8 Å². The lowest BCUT2D eigenvalue weighted by molar-refractivity contribution is -0.149. The predicted octanol–water partition coefficient (Wildman–Crippen LogP) is 2.59. The van der Waals surface area contributed by atoms with Crippen LogP contribution in [0.1, 0.15) is 20.3 Å². The van der Waals surface area contributed by atoms with E-state index in [1.54, 1.807) is 13.8 Å². The number of hydrogen-bond acceptors (Lipinski definition) is 6. The van der Waals surface area contributed by atoms with Crippen LogP contribution in [0.25, 0.3) is 11.1 Å². The van der Waals surface area contributed by atoms with Crippen molar-refractivity contribution in [2.75, 3.05) is 12.4 Å². The molecule has 1 atom stereocenters. The van der Waals surface area contributed by atoms with Gasteiger partial charge < -0.3 is 14.9 Å². The molecule has 1 aromatic carbocycles. The Morgan fingerprint density at radius 3 is 2.95 bits per heavy atom. The van der Waals surface area contributed by atoms with E-state index < -0.39 is 5.54 Å². The fraction of sp³-hybridized carbons (Fsp3) is 0.429. The van der Waals surface area contributed by atoms with E-state index in [9.17, 15) is 4.79 Å². The number of rotatable bonds is 6. The maximum absolute atomic E-state index is 11.7. The van der Waals surface area contributed by atoms with Crippen LogP contribution in [-0.2, 0) is 9.53 Å². The molecule has 0 bridgehead atoms. The zero-order chi connectivity index (χ0) is 14.6. The standard InChI is InChI=1S/C14H18N2O3S/c1-3-18-12(17)14(2,15)8-9-20-13-16-10-6-4-5-7-11(10)19-13/h4-7H,3,8-9,15H2,1-2H3. The summed E-state index contributed by atoms with van der Waals surface area (Å²) >= 11 is 1.44. The summed E-state index contributed by atoms with van der Waals surface area (Å²) in [4.78, 5) is 16.0. The van der Waals surface area contributed by atoms with Crippen molar-refractivity contribution >= 4 is 28.8 Å². The van der Waals surface area contributed by atoms with E-state index in [0.29, 0.717) is 24.0 Å². The second-order valence-electron chi connectivity index (χ2n) is 4.68. The van der Waals surface area contributed by atoms with E-state index in [1.165, 1.54) is 11.8 Å². The summed E-state index contributed by atoms with van der Waals surface area (Å²) in [5.74, 6) is 0.261. The van der Waals surface area contributed by atoms with Gasteiger partial charge in [0.05, 0.1) is 6.61 Å². The Morgan fingerprint density at radius 2 is 2.25 bits per heavy atom. The van der Waals surface area contributed by atoms with E-state index >= 15 is 0 Å². The minimum Gasteiger partial charge on any atom is -0.465 e. The van der Waals surface area contributed by atoms with Gasteiger partial charge in [-0.1, -0.05) is 23.9 Å². The Balaban J connectivity index is 1.90. The predicted molar refractivity (Wildman–Crippen MR) is 78.6 cm³/mol. The fourth-order valence-electron chi connectivity index (χ4n) is 1.66. The van der Waals surface area contributed by atoms with Crippen LogP contribution in [0.4, 0.5) is 0 Å². The van der Waals surface area contributed by atoms with E-state index in [2.05, 4.69) is 4.98 Å². The number of oxazole rings is 1. The van der Waals surface area contributed by atoms with Crippen molar-refractivity contribution in [2.24, 2.45) is 5.73 Å². The van der Waals surface area contributed by atoms with Crippen molar-refractivity contribution in [2.45, 2.75) is 31.0 Å². The van der Waals surface area contributed by atoms with Gasteiger partial charge in [-0.15, -0.1) is 0 Å². The Labute approximate surface area is 121 Å². The van der Waals surface area contributed by atoms with Gasteiger partial charge in [-0.2, -0.15) is 0 Å². The molecule has 20 heavy (non-hydrogen) atoms. The Kier molecular flexibility index (Phi) is 4.67. The molecular weight excluding hydrogens is 276 g/mol. The molecule has 1 heterocycles. The number of thioether (sulfide) groups is 1. The van der Waals surface area contributed by atoms with Crippen molar-refractivity contribution in [3.8, 4) is 0 Å². The van der Waals surface area contributed by atoms with E-state index in [1.807, 2.05) is 24.3 Å². The first-order valence-corrected chi connectivity index (χ1v) is 7.46. The molecule has 0 radical (unpaired) electrons. The molecule has 0 saturated heterocycles. The lowest BCUT2D eigenvalue weighted by atomic mass is 10.0.